The molecule has 5 N–H and O–H groups in total. The zero-order chi connectivity index (χ0) is 19.8. The summed E-state index contributed by atoms with van der Waals surface area (Å²) in [4.78, 5) is 23.5. The average Bonchev–Trinajstić information content (AvgIpc) is 2.61. The van der Waals surface area contributed by atoms with Gasteiger partial charge in [0.2, 0.25) is 11.8 Å². The van der Waals surface area contributed by atoms with Crippen molar-refractivity contribution in [3.8, 4) is 0 Å². The van der Waals surface area contributed by atoms with Crippen LogP contribution in [-0.2, 0) is 9.59 Å². The van der Waals surface area contributed by atoms with E-state index in [9.17, 15) is 19.8 Å². The number of hydrogen-bond acceptors (Lipinski definition) is 5. The second kappa shape index (κ2) is 16.0. The Kier molecular flexibility index (Phi) is 15.3. The molecule has 0 spiro atoms. The first-order valence-corrected chi connectivity index (χ1v) is 9.97. The third kappa shape index (κ3) is 13.1. The summed E-state index contributed by atoms with van der Waals surface area (Å²) in [6.45, 7) is 3.75. The predicted molar refractivity (Wildman–Crippen MR) is 104 cm³/mol. The molecule has 0 bridgehead atoms. The van der Waals surface area contributed by atoms with E-state index < -0.39 is 18.2 Å². The second-order valence-electron chi connectivity index (χ2n) is 7.00. The third-order valence-corrected chi connectivity index (χ3v) is 4.41. The van der Waals surface area contributed by atoms with E-state index in [0.717, 1.165) is 19.3 Å². The lowest BCUT2D eigenvalue weighted by Gasteiger charge is -2.21. The molecule has 0 aliphatic carbocycles. The van der Waals surface area contributed by atoms with Gasteiger partial charge in [-0.3, -0.25) is 9.59 Å². The molecule has 0 saturated heterocycles. The normalized spacial score (nSPS) is 14.5. The van der Waals surface area contributed by atoms with E-state index in [1.165, 1.54) is 25.7 Å². The molecule has 7 nitrogen and oxygen atoms in total. The molecule has 0 aliphatic rings. The summed E-state index contributed by atoms with van der Waals surface area (Å²) in [6, 6.07) is -1.08. The quantitative estimate of drug-likeness (QED) is 0.260. The fourth-order valence-electron chi connectivity index (χ4n) is 2.75. The first-order valence-electron chi connectivity index (χ1n) is 9.97. The highest BCUT2D eigenvalue weighted by atomic mass is 16.3. The van der Waals surface area contributed by atoms with Crippen molar-refractivity contribution in [1.82, 2.24) is 16.0 Å². The molecule has 2 unspecified atom stereocenters. The third-order valence-electron chi connectivity index (χ3n) is 4.41. The summed E-state index contributed by atoms with van der Waals surface area (Å²) in [7, 11) is 1.66. The number of unbranched alkanes of at least 4 members (excludes halogenated alkanes) is 5. The first kappa shape index (κ1) is 24.8. The Balaban J connectivity index is 3.98. The number of likely N-dealkylation sites (N-methyl/N-ethyl adjacent to an activating group) is 1. The maximum Gasteiger partial charge on any atom is 0.242 e. The molecule has 0 radical (unpaired) electrons. The summed E-state index contributed by atoms with van der Waals surface area (Å²) < 4.78 is 0. The van der Waals surface area contributed by atoms with Gasteiger partial charge in [0, 0.05) is 0 Å². The molecule has 154 valence electrons. The minimum absolute atomic E-state index is 0.145. The van der Waals surface area contributed by atoms with Gasteiger partial charge in [0.25, 0.3) is 0 Å². The Morgan fingerprint density at radius 3 is 2.23 bits per heavy atom. The van der Waals surface area contributed by atoms with Crippen molar-refractivity contribution < 1.29 is 19.8 Å². The summed E-state index contributed by atoms with van der Waals surface area (Å²) in [5, 5.41) is 27.5. The second-order valence-corrected chi connectivity index (χ2v) is 7.00. The smallest absolute Gasteiger partial charge is 0.242 e. The van der Waals surface area contributed by atoms with Crippen molar-refractivity contribution in [2.45, 2.75) is 89.8 Å². The zero-order valence-corrected chi connectivity index (χ0v) is 16.7. The van der Waals surface area contributed by atoms with Crippen LogP contribution in [0, 0.1) is 0 Å². The lowest BCUT2D eigenvalue weighted by Crippen LogP contribution is -2.50. The minimum atomic E-state index is -0.669. The highest BCUT2D eigenvalue weighted by molar-refractivity contribution is 5.88. The van der Waals surface area contributed by atoms with Crippen LogP contribution in [0.15, 0.2) is 0 Å². The van der Waals surface area contributed by atoms with Gasteiger partial charge < -0.3 is 26.2 Å². The maximum absolute atomic E-state index is 12.1. The molecule has 0 aliphatic heterocycles. The van der Waals surface area contributed by atoms with E-state index in [1.54, 1.807) is 14.0 Å². The predicted octanol–water partition coefficient (Wildman–Crippen LogP) is 1.08. The summed E-state index contributed by atoms with van der Waals surface area (Å²) in [5.74, 6) is -0.594. The van der Waals surface area contributed by atoms with E-state index in [4.69, 9.17) is 0 Å². The van der Waals surface area contributed by atoms with E-state index in [0.29, 0.717) is 12.8 Å². The molecule has 26 heavy (non-hydrogen) atoms. The molecule has 0 aromatic heterocycles. The number of hydrogen-bond donors (Lipinski definition) is 5. The number of aliphatic hydroxyl groups excluding tert-OH is 2. The van der Waals surface area contributed by atoms with Gasteiger partial charge in [0.15, 0.2) is 0 Å². The Labute approximate surface area is 158 Å². The van der Waals surface area contributed by atoms with Crippen LogP contribution in [0.25, 0.3) is 0 Å². The SMILES string of the molecule is CCCCCCCCC(O)CCC(CO)NC(=O)[C@H](C)NC(=O)CNC. The van der Waals surface area contributed by atoms with Crippen LogP contribution in [-0.4, -0.2) is 60.4 Å². The van der Waals surface area contributed by atoms with Crippen LogP contribution in [0.2, 0.25) is 0 Å². The standard InChI is InChI=1S/C19H39N3O4/c1-4-5-6-7-8-9-10-17(24)12-11-16(14-23)22-19(26)15(2)21-18(25)13-20-3/h15-17,20,23-24H,4-14H2,1-3H3,(H,21,25)(H,22,26)/t15-,16?,17?/m0/s1. The summed E-state index contributed by atoms with van der Waals surface area (Å²) in [6.07, 6.45) is 8.53. The molecule has 0 saturated carbocycles. The first-order chi connectivity index (χ1) is 12.4. The van der Waals surface area contributed by atoms with Gasteiger partial charge in [-0.1, -0.05) is 45.4 Å². The van der Waals surface area contributed by atoms with Crippen LogP contribution in [0.3, 0.4) is 0 Å². The van der Waals surface area contributed by atoms with Crippen LogP contribution in [0.1, 0.15) is 71.6 Å². The Morgan fingerprint density at radius 2 is 1.62 bits per heavy atom. The zero-order valence-electron chi connectivity index (χ0n) is 16.7. The Hall–Kier alpha value is -1.18. The molecule has 7 heteroatoms. The van der Waals surface area contributed by atoms with Crippen molar-refractivity contribution in [3.63, 3.8) is 0 Å². The van der Waals surface area contributed by atoms with Crippen molar-refractivity contribution >= 4 is 11.8 Å². The molecule has 0 aromatic rings. The van der Waals surface area contributed by atoms with Gasteiger partial charge in [0.05, 0.1) is 25.3 Å². The fourth-order valence-corrected chi connectivity index (χ4v) is 2.75. The topological polar surface area (TPSA) is 111 Å². The minimum Gasteiger partial charge on any atom is -0.394 e. The van der Waals surface area contributed by atoms with Crippen molar-refractivity contribution in [2.75, 3.05) is 20.2 Å². The van der Waals surface area contributed by atoms with Crippen LogP contribution in [0.4, 0.5) is 0 Å². The van der Waals surface area contributed by atoms with Crippen molar-refractivity contribution in [1.29, 1.82) is 0 Å². The highest BCUT2D eigenvalue weighted by Gasteiger charge is 2.19. The molecule has 0 heterocycles. The van der Waals surface area contributed by atoms with E-state index in [2.05, 4.69) is 22.9 Å². The lowest BCUT2D eigenvalue weighted by atomic mass is 10.0. The number of carbonyl (C=O) groups is 2. The Morgan fingerprint density at radius 1 is 0.962 bits per heavy atom. The van der Waals surface area contributed by atoms with E-state index >= 15 is 0 Å². The number of carbonyl (C=O) groups excluding carboxylic acids is 2. The maximum atomic E-state index is 12.1. The van der Waals surface area contributed by atoms with E-state index in [1.807, 2.05) is 0 Å². The number of rotatable bonds is 16. The van der Waals surface area contributed by atoms with Gasteiger partial charge in [-0.05, 0) is 33.2 Å². The largest absolute Gasteiger partial charge is 0.394 e. The summed E-state index contributed by atoms with van der Waals surface area (Å²) in [5.41, 5.74) is 0. The molecule has 0 fully saturated rings. The lowest BCUT2D eigenvalue weighted by molar-refractivity contribution is -0.128. The molecular weight excluding hydrogens is 334 g/mol. The molecule has 3 atom stereocenters. The number of nitrogens with one attached hydrogen (secondary N) is 3. The molecule has 2 amide bonds. The average molecular weight is 374 g/mol. The van der Waals surface area contributed by atoms with E-state index in [-0.39, 0.29) is 25.0 Å². The van der Waals surface area contributed by atoms with Crippen LogP contribution >= 0.6 is 0 Å². The Bertz CT molecular complexity index is 380. The molecule has 0 rings (SSSR count). The highest BCUT2D eigenvalue weighted by Crippen LogP contribution is 2.12. The van der Waals surface area contributed by atoms with Gasteiger partial charge in [-0.15, -0.1) is 0 Å². The van der Waals surface area contributed by atoms with Gasteiger partial charge >= 0.3 is 0 Å². The monoisotopic (exact) mass is 373 g/mol. The number of amides is 2. The van der Waals surface area contributed by atoms with Crippen LogP contribution < -0.4 is 16.0 Å². The molecular formula is C19H39N3O4. The summed E-state index contributed by atoms with van der Waals surface area (Å²) >= 11 is 0. The molecule has 0 aromatic carbocycles. The van der Waals surface area contributed by atoms with Gasteiger partial charge in [-0.25, -0.2) is 0 Å². The fraction of sp³-hybridized carbons (Fsp3) is 0.895. The van der Waals surface area contributed by atoms with Gasteiger partial charge in [0.1, 0.15) is 6.04 Å². The van der Waals surface area contributed by atoms with Crippen molar-refractivity contribution in [2.24, 2.45) is 0 Å². The van der Waals surface area contributed by atoms with Gasteiger partial charge in [-0.2, -0.15) is 0 Å². The van der Waals surface area contributed by atoms with Crippen molar-refractivity contribution in [3.05, 3.63) is 0 Å². The van der Waals surface area contributed by atoms with Crippen LogP contribution in [0.5, 0.6) is 0 Å². The number of aliphatic hydroxyl groups is 2.